The molecule has 34 heavy (non-hydrogen) atoms. The van der Waals surface area contributed by atoms with Gasteiger partial charge in [-0.15, -0.1) is 0 Å². The van der Waals surface area contributed by atoms with Crippen molar-refractivity contribution < 1.29 is 23.5 Å². The molecule has 3 saturated heterocycles. The molecule has 2 amide bonds. The summed E-state index contributed by atoms with van der Waals surface area (Å²) in [5, 5.41) is 0. The zero-order valence-corrected chi connectivity index (χ0v) is 20.5. The number of hydrogen-bond acceptors (Lipinski definition) is 5. The first kappa shape index (κ1) is 23.4. The number of halogens is 1. The Morgan fingerprint density at radius 1 is 1.09 bits per heavy atom. The minimum Gasteiger partial charge on any atom is -0.452 e. The Labute approximate surface area is 201 Å². The lowest BCUT2D eigenvalue weighted by molar-refractivity contribution is 0.0236. The third-order valence-electron chi connectivity index (χ3n) is 8.41. The number of carbonyl (C=O) groups excluding carboxylic acids is 2. The maximum Gasteiger partial charge on any atom is 0.414 e. The molecule has 186 valence electrons. The molecule has 4 heterocycles. The monoisotopic (exact) mass is 473 g/mol. The zero-order chi connectivity index (χ0) is 24.0. The molecule has 4 aliphatic heterocycles. The molecule has 8 heteroatoms. The number of anilines is 1. The van der Waals surface area contributed by atoms with Crippen LogP contribution < -0.4 is 4.90 Å². The average Bonchev–Trinajstić information content (AvgIpc) is 3.28. The van der Waals surface area contributed by atoms with Crippen LogP contribution in [-0.4, -0.2) is 73.5 Å². The highest BCUT2D eigenvalue weighted by atomic mass is 19.1. The summed E-state index contributed by atoms with van der Waals surface area (Å²) in [4.78, 5) is 31.3. The SMILES string of the molecule is COC(=O)N1CC2(CCN(C3CC4CCC(C3)N4C(=O)OCC(C)C)CC2)c2cc(F)ccc21. The quantitative estimate of drug-likeness (QED) is 0.645. The first-order valence-corrected chi connectivity index (χ1v) is 12.7. The molecule has 2 atom stereocenters. The van der Waals surface area contributed by atoms with Crippen LogP contribution in [0.15, 0.2) is 18.2 Å². The molecule has 1 spiro atoms. The Bertz CT molecular complexity index is 932. The second kappa shape index (κ2) is 9.02. The normalized spacial score (nSPS) is 27.9. The first-order valence-electron chi connectivity index (χ1n) is 12.7. The van der Waals surface area contributed by atoms with Gasteiger partial charge in [-0.25, -0.2) is 14.0 Å². The van der Waals surface area contributed by atoms with Gasteiger partial charge in [0, 0.05) is 30.1 Å². The molecule has 3 fully saturated rings. The maximum atomic E-state index is 14.2. The number of ether oxygens (including phenoxy) is 2. The summed E-state index contributed by atoms with van der Waals surface area (Å²) in [6, 6.07) is 5.70. The van der Waals surface area contributed by atoms with Crippen LogP contribution in [0.1, 0.15) is 57.9 Å². The molecule has 0 aromatic heterocycles. The van der Waals surface area contributed by atoms with Gasteiger partial charge < -0.3 is 19.3 Å². The van der Waals surface area contributed by atoms with Crippen LogP contribution in [0.25, 0.3) is 0 Å². The van der Waals surface area contributed by atoms with E-state index in [0.717, 1.165) is 62.9 Å². The first-order chi connectivity index (χ1) is 16.3. The fourth-order valence-corrected chi connectivity index (χ4v) is 6.72. The number of nitrogens with zero attached hydrogens (tertiary/aromatic N) is 3. The maximum absolute atomic E-state index is 14.2. The topological polar surface area (TPSA) is 62.3 Å². The average molecular weight is 474 g/mol. The molecule has 7 nitrogen and oxygen atoms in total. The third kappa shape index (κ3) is 4.04. The summed E-state index contributed by atoms with van der Waals surface area (Å²) in [6.45, 7) is 6.94. The standard InChI is InChI=1S/C26H36FN3O4/c1-17(2)15-34-25(32)30-19-5-6-20(30)14-21(13-19)28-10-8-26(9-11-28)16-29(24(31)33-3)23-7-4-18(27)12-22(23)26/h4,7,12,17,19-21H,5-6,8-11,13-16H2,1-3H3. The fourth-order valence-electron chi connectivity index (χ4n) is 6.72. The van der Waals surface area contributed by atoms with E-state index >= 15 is 0 Å². The van der Waals surface area contributed by atoms with Crippen molar-refractivity contribution in [2.45, 2.75) is 75.9 Å². The van der Waals surface area contributed by atoms with Gasteiger partial charge in [-0.2, -0.15) is 0 Å². The van der Waals surface area contributed by atoms with Gasteiger partial charge in [0.05, 0.1) is 19.4 Å². The number of hydrogen-bond donors (Lipinski definition) is 0. The minimum atomic E-state index is -0.388. The summed E-state index contributed by atoms with van der Waals surface area (Å²) in [5.74, 6) is 0.0738. The fraction of sp³-hybridized carbons (Fsp3) is 0.692. The Hall–Kier alpha value is -2.35. The number of piperidine rings is 2. The van der Waals surface area contributed by atoms with E-state index in [2.05, 4.69) is 18.7 Å². The molecule has 0 saturated carbocycles. The largest absolute Gasteiger partial charge is 0.452 e. The Morgan fingerprint density at radius 3 is 2.38 bits per heavy atom. The van der Waals surface area contributed by atoms with E-state index in [0.29, 0.717) is 25.1 Å². The lowest BCUT2D eigenvalue weighted by atomic mass is 9.73. The molecular formula is C26H36FN3O4. The highest BCUT2D eigenvalue weighted by molar-refractivity contribution is 5.91. The molecule has 1 aromatic rings. The second-order valence-corrected chi connectivity index (χ2v) is 10.9. The molecule has 0 N–H and O–H groups in total. The number of likely N-dealkylation sites (tertiary alicyclic amines) is 1. The summed E-state index contributed by atoms with van der Waals surface area (Å²) < 4.78 is 24.7. The van der Waals surface area contributed by atoms with Crippen molar-refractivity contribution in [3.63, 3.8) is 0 Å². The van der Waals surface area contributed by atoms with Crippen molar-refractivity contribution >= 4 is 17.9 Å². The molecule has 4 aliphatic rings. The van der Waals surface area contributed by atoms with Crippen molar-refractivity contribution in [3.8, 4) is 0 Å². The predicted octanol–water partition coefficient (Wildman–Crippen LogP) is 4.53. The van der Waals surface area contributed by atoms with Gasteiger partial charge in [-0.3, -0.25) is 4.90 Å². The molecule has 1 aromatic carbocycles. The van der Waals surface area contributed by atoms with Crippen LogP contribution in [0, 0.1) is 11.7 Å². The van der Waals surface area contributed by atoms with Crippen molar-refractivity contribution in [1.29, 1.82) is 0 Å². The van der Waals surface area contributed by atoms with Crippen LogP contribution in [0.2, 0.25) is 0 Å². The number of methoxy groups -OCH3 is 1. The van der Waals surface area contributed by atoms with Crippen LogP contribution in [0.5, 0.6) is 0 Å². The van der Waals surface area contributed by atoms with Crippen molar-refractivity contribution in [2.75, 3.05) is 38.3 Å². The summed E-state index contributed by atoms with van der Waals surface area (Å²) in [6.07, 6.45) is 5.29. The molecular weight excluding hydrogens is 437 g/mol. The van der Waals surface area contributed by atoms with Gasteiger partial charge in [0.1, 0.15) is 5.82 Å². The second-order valence-electron chi connectivity index (χ2n) is 10.9. The highest BCUT2D eigenvalue weighted by Gasteiger charge is 2.50. The van der Waals surface area contributed by atoms with Crippen molar-refractivity contribution in [2.24, 2.45) is 5.92 Å². The van der Waals surface area contributed by atoms with E-state index in [1.807, 2.05) is 4.90 Å². The number of benzene rings is 1. The van der Waals surface area contributed by atoms with Crippen LogP contribution in [0.4, 0.5) is 19.7 Å². The number of rotatable bonds is 3. The van der Waals surface area contributed by atoms with E-state index in [-0.39, 0.29) is 35.5 Å². The Balaban J connectivity index is 1.25. The predicted molar refractivity (Wildman–Crippen MR) is 126 cm³/mol. The van der Waals surface area contributed by atoms with Crippen LogP contribution in [-0.2, 0) is 14.9 Å². The van der Waals surface area contributed by atoms with Crippen LogP contribution in [0.3, 0.4) is 0 Å². The van der Waals surface area contributed by atoms with Gasteiger partial charge in [0.2, 0.25) is 0 Å². The molecule has 2 unspecified atom stereocenters. The number of amides is 2. The molecule has 0 radical (unpaired) electrons. The lowest BCUT2D eigenvalue weighted by Gasteiger charge is -2.47. The van der Waals surface area contributed by atoms with Gasteiger partial charge in [0.15, 0.2) is 0 Å². The van der Waals surface area contributed by atoms with Gasteiger partial charge in [0.25, 0.3) is 0 Å². The zero-order valence-electron chi connectivity index (χ0n) is 20.5. The summed E-state index contributed by atoms with van der Waals surface area (Å²) >= 11 is 0. The van der Waals surface area contributed by atoms with E-state index < -0.39 is 0 Å². The molecule has 0 aliphatic carbocycles. The summed E-state index contributed by atoms with van der Waals surface area (Å²) in [5.41, 5.74) is 1.47. The van der Waals surface area contributed by atoms with E-state index in [9.17, 15) is 14.0 Å². The Morgan fingerprint density at radius 2 is 1.76 bits per heavy atom. The molecule has 2 bridgehead atoms. The van der Waals surface area contributed by atoms with Gasteiger partial charge >= 0.3 is 12.2 Å². The molecule has 5 rings (SSSR count). The van der Waals surface area contributed by atoms with Crippen LogP contribution >= 0.6 is 0 Å². The van der Waals surface area contributed by atoms with E-state index in [4.69, 9.17) is 9.47 Å². The van der Waals surface area contributed by atoms with Gasteiger partial charge in [-0.1, -0.05) is 13.8 Å². The minimum absolute atomic E-state index is 0.148. The third-order valence-corrected chi connectivity index (χ3v) is 8.41. The number of fused-ring (bicyclic) bond motifs is 4. The Kier molecular flexibility index (Phi) is 6.21. The smallest absolute Gasteiger partial charge is 0.414 e. The highest BCUT2D eigenvalue weighted by Crippen LogP contribution is 2.48. The number of carbonyl (C=O) groups is 2. The lowest BCUT2D eigenvalue weighted by Crippen LogP contribution is -2.55. The van der Waals surface area contributed by atoms with Gasteiger partial charge in [-0.05, 0) is 81.3 Å². The van der Waals surface area contributed by atoms with E-state index in [1.54, 1.807) is 17.0 Å². The summed E-state index contributed by atoms with van der Waals surface area (Å²) in [7, 11) is 1.39. The van der Waals surface area contributed by atoms with Crippen molar-refractivity contribution in [3.05, 3.63) is 29.6 Å². The van der Waals surface area contributed by atoms with Crippen molar-refractivity contribution in [1.82, 2.24) is 9.80 Å². The van der Waals surface area contributed by atoms with E-state index in [1.165, 1.54) is 13.2 Å².